The summed E-state index contributed by atoms with van der Waals surface area (Å²) in [6, 6.07) is 7.93. The molecule has 0 aliphatic heterocycles. The fraction of sp³-hybridized carbons (Fsp3) is 0.440. The van der Waals surface area contributed by atoms with Gasteiger partial charge in [0.2, 0.25) is 0 Å². The topological polar surface area (TPSA) is 112 Å². The third-order valence-electron chi connectivity index (χ3n) is 6.43. The molecular formula is C25H29N3O4S. The largest absolute Gasteiger partial charge is 0.478 e. The number of aliphatic hydroxyl groups is 1. The quantitative estimate of drug-likeness (QED) is 0.496. The number of carbonyl (C=O) groups excluding carboxylic acids is 1. The van der Waals surface area contributed by atoms with E-state index in [1.807, 2.05) is 0 Å². The maximum absolute atomic E-state index is 13.0. The smallest absolute Gasteiger partial charge is 0.335 e. The van der Waals surface area contributed by atoms with Crippen LogP contribution in [0.5, 0.6) is 0 Å². The standard InChI is InChI=1S/C25H29N3O4S/c1-25(2,3)17-7-8-18-16(12-17)13-20-22(27-18)33-23(28-20)21(30)26-19(9-10-29)14-5-4-6-15(11-14)24(31)32/h4-6,11,13,17,19,29H,7-10,12H2,1-3H3,(H,26,30)(H,31,32)/t17-,19+/m0/s1. The molecule has 1 aromatic carbocycles. The number of pyridine rings is 1. The molecule has 33 heavy (non-hydrogen) atoms. The lowest BCUT2D eigenvalue weighted by Crippen LogP contribution is -2.29. The monoisotopic (exact) mass is 467 g/mol. The number of carboxylic acid groups (broad SMARTS) is 1. The average Bonchev–Trinajstić information content (AvgIpc) is 3.19. The first kappa shape index (κ1) is 23.3. The molecule has 8 heteroatoms. The molecule has 0 spiro atoms. The first-order valence-corrected chi connectivity index (χ1v) is 12.0. The Kier molecular flexibility index (Phi) is 6.50. The Morgan fingerprint density at radius 1 is 1.24 bits per heavy atom. The van der Waals surface area contributed by atoms with Gasteiger partial charge in [0.15, 0.2) is 5.01 Å². The van der Waals surface area contributed by atoms with E-state index in [0.717, 1.165) is 35.3 Å². The van der Waals surface area contributed by atoms with E-state index in [1.54, 1.807) is 12.1 Å². The molecule has 1 aliphatic rings. The summed E-state index contributed by atoms with van der Waals surface area (Å²) >= 11 is 1.26. The van der Waals surface area contributed by atoms with Gasteiger partial charge in [-0.25, -0.2) is 14.8 Å². The third-order valence-corrected chi connectivity index (χ3v) is 7.39. The van der Waals surface area contributed by atoms with Gasteiger partial charge in [-0.1, -0.05) is 44.2 Å². The van der Waals surface area contributed by atoms with Crippen molar-refractivity contribution in [3.63, 3.8) is 0 Å². The van der Waals surface area contributed by atoms with Gasteiger partial charge in [-0.2, -0.15) is 0 Å². The van der Waals surface area contributed by atoms with Gasteiger partial charge in [-0.3, -0.25) is 4.79 Å². The normalized spacial score (nSPS) is 16.9. The second-order valence-electron chi connectivity index (χ2n) is 9.71. The van der Waals surface area contributed by atoms with Gasteiger partial charge in [0.25, 0.3) is 5.91 Å². The van der Waals surface area contributed by atoms with E-state index < -0.39 is 12.0 Å². The minimum absolute atomic E-state index is 0.132. The minimum Gasteiger partial charge on any atom is -0.478 e. The van der Waals surface area contributed by atoms with Crippen molar-refractivity contribution >= 4 is 33.6 Å². The second kappa shape index (κ2) is 9.19. The van der Waals surface area contributed by atoms with Gasteiger partial charge < -0.3 is 15.5 Å². The number of thiazole rings is 1. The number of nitrogens with one attached hydrogen (secondary N) is 1. The highest BCUT2D eigenvalue weighted by atomic mass is 32.1. The minimum atomic E-state index is -1.04. The molecule has 1 aliphatic carbocycles. The third kappa shape index (κ3) is 5.07. The molecule has 0 saturated heterocycles. The number of fused-ring (bicyclic) bond motifs is 2. The van der Waals surface area contributed by atoms with Crippen LogP contribution in [0.2, 0.25) is 0 Å². The lowest BCUT2D eigenvalue weighted by Gasteiger charge is -2.34. The Bertz CT molecular complexity index is 1200. The zero-order valence-corrected chi connectivity index (χ0v) is 19.9. The summed E-state index contributed by atoms with van der Waals surface area (Å²) in [6.45, 7) is 6.67. The van der Waals surface area contributed by atoms with Crippen LogP contribution in [0.25, 0.3) is 10.3 Å². The van der Waals surface area contributed by atoms with Crippen LogP contribution in [0.1, 0.15) is 76.6 Å². The fourth-order valence-corrected chi connectivity index (χ4v) is 5.25. The van der Waals surface area contributed by atoms with Crippen LogP contribution in [-0.2, 0) is 12.8 Å². The van der Waals surface area contributed by atoms with Gasteiger partial charge in [-0.05, 0) is 66.3 Å². The van der Waals surface area contributed by atoms with Crippen LogP contribution in [0.4, 0.5) is 0 Å². The van der Waals surface area contributed by atoms with E-state index >= 15 is 0 Å². The van der Waals surface area contributed by atoms with E-state index in [9.17, 15) is 19.8 Å². The van der Waals surface area contributed by atoms with Gasteiger partial charge in [-0.15, -0.1) is 0 Å². The lowest BCUT2D eigenvalue weighted by atomic mass is 9.71. The van der Waals surface area contributed by atoms with Gasteiger partial charge in [0, 0.05) is 12.3 Å². The predicted octanol–water partition coefficient (Wildman–Crippen LogP) is 4.39. The van der Waals surface area contributed by atoms with Gasteiger partial charge in [0.1, 0.15) is 10.3 Å². The first-order valence-electron chi connectivity index (χ1n) is 11.2. The number of aliphatic hydroxyl groups excluding tert-OH is 1. The van der Waals surface area contributed by atoms with E-state index in [2.05, 4.69) is 37.1 Å². The Hall–Kier alpha value is -2.84. The van der Waals surface area contributed by atoms with E-state index in [-0.39, 0.29) is 29.9 Å². The predicted molar refractivity (Wildman–Crippen MR) is 128 cm³/mol. The molecular weight excluding hydrogens is 438 g/mol. The highest BCUT2D eigenvalue weighted by molar-refractivity contribution is 7.19. The maximum atomic E-state index is 13.0. The summed E-state index contributed by atoms with van der Waals surface area (Å²) in [6.07, 6.45) is 3.28. The molecule has 3 aromatic rings. The summed E-state index contributed by atoms with van der Waals surface area (Å²) in [5.41, 5.74) is 4.04. The second-order valence-corrected chi connectivity index (χ2v) is 10.7. The van der Waals surface area contributed by atoms with Crippen molar-refractivity contribution in [3.05, 3.63) is 57.7 Å². The molecule has 2 aromatic heterocycles. The molecule has 2 atom stereocenters. The van der Waals surface area contributed by atoms with Crippen molar-refractivity contribution in [1.29, 1.82) is 0 Å². The number of hydrogen-bond donors (Lipinski definition) is 3. The molecule has 1 amide bonds. The Morgan fingerprint density at radius 3 is 2.73 bits per heavy atom. The lowest BCUT2D eigenvalue weighted by molar-refractivity contribution is 0.0696. The summed E-state index contributed by atoms with van der Waals surface area (Å²) in [5, 5.41) is 22.0. The number of aryl methyl sites for hydroxylation is 1. The van der Waals surface area contributed by atoms with Crippen LogP contribution in [0, 0.1) is 11.3 Å². The summed E-state index contributed by atoms with van der Waals surface area (Å²) < 4.78 is 0. The maximum Gasteiger partial charge on any atom is 0.335 e. The summed E-state index contributed by atoms with van der Waals surface area (Å²) in [5.74, 6) is -0.810. The molecule has 4 rings (SSSR count). The zero-order chi connectivity index (χ0) is 23.8. The van der Waals surface area contributed by atoms with Crippen molar-refractivity contribution in [2.75, 3.05) is 6.61 Å². The molecule has 0 radical (unpaired) electrons. The van der Waals surface area contributed by atoms with Crippen LogP contribution in [0.3, 0.4) is 0 Å². The molecule has 2 heterocycles. The Balaban J connectivity index is 1.57. The number of carbonyl (C=O) groups is 2. The summed E-state index contributed by atoms with van der Waals surface area (Å²) in [4.78, 5) is 34.4. The van der Waals surface area contributed by atoms with Crippen molar-refractivity contribution in [3.8, 4) is 0 Å². The first-order chi connectivity index (χ1) is 15.7. The number of carboxylic acids is 1. The molecule has 3 N–H and O–H groups in total. The van der Waals surface area contributed by atoms with Crippen molar-refractivity contribution < 1.29 is 19.8 Å². The van der Waals surface area contributed by atoms with Gasteiger partial charge in [0.05, 0.1) is 11.6 Å². The molecule has 0 bridgehead atoms. The number of aromatic carboxylic acids is 1. The van der Waals surface area contributed by atoms with Crippen LogP contribution < -0.4 is 5.32 Å². The number of aromatic nitrogens is 2. The van der Waals surface area contributed by atoms with Crippen molar-refractivity contribution in [2.45, 2.75) is 52.5 Å². The molecule has 0 fully saturated rings. The van der Waals surface area contributed by atoms with Gasteiger partial charge >= 0.3 is 5.97 Å². The molecule has 174 valence electrons. The van der Waals surface area contributed by atoms with Crippen molar-refractivity contribution in [2.24, 2.45) is 11.3 Å². The van der Waals surface area contributed by atoms with E-state index in [4.69, 9.17) is 4.98 Å². The molecule has 7 nitrogen and oxygen atoms in total. The highest BCUT2D eigenvalue weighted by Crippen LogP contribution is 2.38. The zero-order valence-electron chi connectivity index (χ0n) is 19.1. The summed E-state index contributed by atoms with van der Waals surface area (Å²) in [7, 11) is 0. The van der Waals surface area contributed by atoms with Crippen molar-refractivity contribution in [1.82, 2.24) is 15.3 Å². The number of nitrogens with zero attached hydrogens (tertiary/aromatic N) is 2. The van der Waals surface area contributed by atoms with E-state index in [1.165, 1.54) is 29.0 Å². The SMILES string of the molecule is CC(C)(C)[C@H]1CCc2nc3sc(C(=O)N[C@H](CCO)c4cccc(C(=O)O)c4)nc3cc2C1. The number of hydrogen-bond acceptors (Lipinski definition) is 6. The molecule has 0 saturated carbocycles. The Morgan fingerprint density at radius 2 is 2.03 bits per heavy atom. The van der Waals surface area contributed by atoms with Crippen LogP contribution in [0.15, 0.2) is 30.3 Å². The number of benzene rings is 1. The number of rotatable bonds is 6. The Labute approximate surface area is 196 Å². The average molecular weight is 468 g/mol. The van der Waals surface area contributed by atoms with Crippen LogP contribution >= 0.6 is 11.3 Å². The van der Waals surface area contributed by atoms with E-state index in [0.29, 0.717) is 16.5 Å². The molecule has 0 unspecified atom stereocenters. The number of amides is 1. The van der Waals surface area contributed by atoms with Crippen LogP contribution in [-0.4, -0.2) is 38.7 Å². The fourth-order valence-electron chi connectivity index (χ4n) is 4.41. The highest BCUT2D eigenvalue weighted by Gasteiger charge is 2.30.